The maximum atomic E-state index is 11.8. The van der Waals surface area contributed by atoms with Gasteiger partial charge in [0.2, 0.25) is 0 Å². The fraction of sp³-hybridized carbons (Fsp3) is 0.300. The Morgan fingerprint density at radius 1 is 1.56 bits per heavy atom. The smallest absolute Gasteiger partial charge is 0.255 e. The van der Waals surface area contributed by atoms with Crippen LogP contribution in [-0.2, 0) is 0 Å². The maximum absolute atomic E-state index is 11.8. The lowest BCUT2D eigenvalue weighted by Gasteiger charge is -2.00. The Morgan fingerprint density at radius 2 is 2.38 bits per heavy atom. The largest absolute Gasteiger partial charge is 0.382 e. The topological polar surface area (TPSA) is 96.7 Å². The highest BCUT2D eigenvalue weighted by atomic mass is 16.1. The van der Waals surface area contributed by atoms with Gasteiger partial charge in [0.05, 0.1) is 11.8 Å². The standard InChI is InChI=1S/C10H11N5O/c11-7-4-13-9-8(15-7)6(3-12-9)10(16)14-5-1-2-5/h3-5H,1-2H2,(H2,11,15)(H,12,13)(H,14,16). The van der Waals surface area contributed by atoms with Crippen molar-refractivity contribution in [2.45, 2.75) is 18.9 Å². The zero-order valence-corrected chi connectivity index (χ0v) is 8.53. The minimum atomic E-state index is -0.117. The molecule has 6 nitrogen and oxygen atoms in total. The van der Waals surface area contributed by atoms with Crippen molar-refractivity contribution >= 4 is 22.9 Å². The van der Waals surface area contributed by atoms with E-state index in [9.17, 15) is 4.79 Å². The summed E-state index contributed by atoms with van der Waals surface area (Å²) in [7, 11) is 0. The van der Waals surface area contributed by atoms with Crippen molar-refractivity contribution < 1.29 is 4.79 Å². The summed E-state index contributed by atoms with van der Waals surface area (Å²) in [5.74, 6) is 0.196. The van der Waals surface area contributed by atoms with E-state index in [1.807, 2.05) is 0 Å². The summed E-state index contributed by atoms with van der Waals surface area (Å²) in [6.07, 6.45) is 5.19. The van der Waals surface area contributed by atoms with Crippen molar-refractivity contribution in [1.82, 2.24) is 20.3 Å². The number of hydrogen-bond acceptors (Lipinski definition) is 4. The summed E-state index contributed by atoms with van der Waals surface area (Å²) >= 11 is 0. The molecule has 16 heavy (non-hydrogen) atoms. The second-order valence-corrected chi connectivity index (χ2v) is 3.94. The fourth-order valence-electron chi connectivity index (χ4n) is 1.57. The number of hydrogen-bond donors (Lipinski definition) is 3. The van der Waals surface area contributed by atoms with E-state index >= 15 is 0 Å². The first-order chi connectivity index (χ1) is 7.74. The molecule has 2 aromatic heterocycles. The van der Waals surface area contributed by atoms with Crippen molar-refractivity contribution in [1.29, 1.82) is 0 Å². The highest BCUT2D eigenvalue weighted by Crippen LogP contribution is 2.21. The van der Waals surface area contributed by atoms with E-state index in [0.29, 0.717) is 28.6 Å². The van der Waals surface area contributed by atoms with Crippen LogP contribution in [0.4, 0.5) is 5.82 Å². The molecule has 1 saturated carbocycles. The molecule has 1 aliphatic rings. The molecule has 0 aliphatic heterocycles. The molecule has 0 aromatic carbocycles. The summed E-state index contributed by atoms with van der Waals surface area (Å²) in [6.45, 7) is 0. The molecule has 1 amide bonds. The Morgan fingerprint density at radius 3 is 3.12 bits per heavy atom. The number of aromatic nitrogens is 3. The summed E-state index contributed by atoms with van der Waals surface area (Å²) in [6, 6.07) is 0.325. The van der Waals surface area contributed by atoms with Gasteiger partial charge in [-0.3, -0.25) is 4.79 Å². The van der Waals surface area contributed by atoms with E-state index in [-0.39, 0.29) is 5.91 Å². The molecule has 82 valence electrons. The lowest BCUT2D eigenvalue weighted by molar-refractivity contribution is 0.0952. The number of nitrogens with zero attached hydrogens (tertiary/aromatic N) is 2. The van der Waals surface area contributed by atoms with E-state index in [2.05, 4.69) is 20.3 Å². The Labute approximate surface area is 91.3 Å². The molecule has 0 radical (unpaired) electrons. The Kier molecular flexibility index (Phi) is 1.82. The molecule has 0 atom stereocenters. The molecule has 0 saturated heterocycles. The third-order valence-electron chi connectivity index (χ3n) is 2.56. The van der Waals surface area contributed by atoms with E-state index in [1.54, 1.807) is 6.20 Å². The van der Waals surface area contributed by atoms with Crippen LogP contribution in [0.5, 0.6) is 0 Å². The molecule has 3 rings (SSSR count). The molecule has 0 spiro atoms. The van der Waals surface area contributed by atoms with Crippen LogP contribution >= 0.6 is 0 Å². The molecule has 6 heteroatoms. The number of H-pyrrole nitrogens is 1. The Bertz CT molecular complexity index is 557. The summed E-state index contributed by atoms with van der Waals surface area (Å²) in [4.78, 5) is 22.9. The quantitative estimate of drug-likeness (QED) is 0.679. The zero-order chi connectivity index (χ0) is 11.1. The van der Waals surface area contributed by atoms with Crippen LogP contribution in [0.1, 0.15) is 23.2 Å². The predicted octanol–water partition coefficient (Wildman–Crippen LogP) is 0.432. The van der Waals surface area contributed by atoms with Gasteiger partial charge in [0.25, 0.3) is 5.91 Å². The SMILES string of the molecule is Nc1cnc2[nH]cc(C(=O)NC3CC3)c2n1. The van der Waals surface area contributed by atoms with Crippen LogP contribution in [-0.4, -0.2) is 26.9 Å². The summed E-state index contributed by atoms with van der Waals surface area (Å²) < 4.78 is 0. The molecular formula is C10H11N5O. The van der Waals surface area contributed by atoms with Crippen molar-refractivity contribution in [2.75, 3.05) is 5.73 Å². The highest BCUT2D eigenvalue weighted by Gasteiger charge is 2.25. The highest BCUT2D eigenvalue weighted by molar-refractivity contribution is 6.04. The predicted molar refractivity (Wildman–Crippen MR) is 58.8 cm³/mol. The average molecular weight is 217 g/mol. The van der Waals surface area contributed by atoms with Gasteiger partial charge in [-0.2, -0.15) is 0 Å². The van der Waals surface area contributed by atoms with Gasteiger partial charge in [0.15, 0.2) is 5.65 Å². The van der Waals surface area contributed by atoms with Crippen LogP contribution in [0.25, 0.3) is 11.2 Å². The van der Waals surface area contributed by atoms with Crippen molar-refractivity contribution in [2.24, 2.45) is 0 Å². The number of rotatable bonds is 2. The molecule has 4 N–H and O–H groups in total. The monoisotopic (exact) mass is 217 g/mol. The molecular weight excluding hydrogens is 206 g/mol. The van der Waals surface area contributed by atoms with Crippen LogP contribution in [0.3, 0.4) is 0 Å². The van der Waals surface area contributed by atoms with Gasteiger partial charge in [-0.1, -0.05) is 0 Å². The number of carbonyl (C=O) groups excluding carboxylic acids is 1. The number of nitrogens with two attached hydrogens (primary N) is 1. The average Bonchev–Trinajstić information content (AvgIpc) is 2.96. The van der Waals surface area contributed by atoms with Crippen molar-refractivity contribution in [3.8, 4) is 0 Å². The number of aromatic amines is 1. The van der Waals surface area contributed by atoms with E-state index < -0.39 is 0 Å². The van der Waals surface area contributed by atoms with Crippen LogP contribution in [0.2, 0.25) is 0 Å². The first-order valence-corrected chi connectivity index (χ1v) is 5.14. The second-order valence-electron chi connectivity index (χ2n) is 3.94. The van der Waals surface area contributed by atoms with Gasteiger partial charge >= 0.3 is 0 Å². The van der Waals surface area contributed by atoms with Crippen molar-refractivity contribution in [3.63, 3.8) is 0 Å². The lowest BCUT2D eigenvalue weighted by Crippen LogP contribution is -2.25. The number of carbonyl (C=O) groups is 1. The van der Waals surface area contributed by atoms with E-state index in [0.717, 1.165) is 12.8 Å². The van der Waals surface area contributed by atoms with Crippen LogP contribution in [0.15, 0.2) is 12.4 Å². The Hall–Kier alpha value is -2.11. The fourth-order valence-corrected chi connectivity index (χ4v) is 1.57. The second kappa shape index (κ2) is 3.19. The van der Waals surface area contributed by atoms with Crippen LogP contribution in [0, 0.1) is 0 Å². The van der Waals surface area contributed by atoms with Gasteiger partial charge in [-0.05, 0) is 12.8 Å². The van der Waals surface area contributed by atoms with Gasteiger partial charge in [-0.25, -0.2) is 9.97 Å². The third kappa shape index (κ3) is 1.48. The number of nitrogens with one attached hydrogen (secondary N) is 2. The molecule has 0 bridgehead atoms. The van der Waals surface area contributed by atoms with Gasteiger partial charge in [-0.15, -0.1) is 0 Å². The maximum Gasteiger partial charge on any atom is 0.255 e. The molecule has 1 aliphatic carbocycles. The summed E-state index contributed by atoms with van der Waals surface area (Å²) in [5.41, 5.74) is 7.15. The van der Waals surface area contributed by atoms with Gasteiger partial charge < -0.3 is 16.0 Å². The molecule has 1 fully saturated rings. The van der Waals surface area contributed by atoms with Crippen LogP contribution < -0.4 is 11.1 Å². The first kappa shape index (κ1) is 9.14. The number of anilines is 1. The zero-order valence-electron chi connectivity index (χ0n) is 8.53. The lowest BCUT2D eigenvalue weighted by atomic mass is 10.3. The summed E-state index contributed by atoms with van der Waals surface area (Å²) in [5, 5.41) is 2.90. The third-order valence-corrected chi connectivity index (χ3v) is 2.56. The van der Waals surface area contributed by atoms with Gasteiger partial charge in [0, 0.05) is 12.2 Å². The molecule has 2 aromatic rings. The molecule has 0 unspecified atom stereocenters. The number of fused-ring (bicyclic) bond motifs is 1. The van der Waals surface area contributed by atoms with E-state index in [4.69, 9.17) is 5.73 Å². The van der Waals surface area contributed by atoms with Crippen molar-refractivity contribution in [3.05, 3.63) is 18.0 Å². The Balaban J connectivity index is 2.01. The number of amides is 1. The molecule has 2 heterocycles. The first-order valence-electron chi connectivity index (χ1n) is 5.14. The minimum Gasteiger partial charge on any atom is -0.382 e. The van der Waals surface area contributed by atoms with E-state index in [1.165, 1.54) is 6.20 Å². The minimum absolute atomic E-state index is 0.117. The number of nitrogen functional groups attached to an aromatic ring is 1. The van der Waals surface area contributed by atoms with Gasteiger partial charge in [0.1, 0.15) is 11.3 Å². The normalized spacial score (nSPS) is 15.2.